The molecule has 2 aliphatic carbocycles. The largest absolute Gasteiger partial charge is 0.419 e. The molecule has 0 bridgehead atoms. The molecular formula is C19H21N5OS. The number of nitrogens with zero attached hydrogens (tertiary/aromatic N) is 5. The van der Waals surface area contributed by atoms with Gasteiger partial charge in [0.1, 0.15) is 5.82 Å². The van der Waals surface area contributed by atoms with Crippen molar-refractivity contribution in [3.8, 4) is 11.5 Å². The van der Waals surface area contributed by atoms with Crippen LogP contribution in [0.2, 0.25) is 0 Å². The summed E-state index contributed by atoms with van der Waals surface area (Å²) >= 11 is 1.66. The maximum Gasteiger partial charge on any atom is 0.247 e. The molecule has 0 aliphatic heterocycles. The van der Waals surface area contributed by atoms with Crippen molar-refractivity contribution >= 4 is 11.8 Å². The Morgan fingerprint density at radius 2 is 1.96 bits per heavy atom. The first-order chi connectivity index (χ1) is 12.7. The summed E-state index contributed by atoms with van der Waals surface area (Å²) < 4.78 is 8.30. The highest BCUT2D eigenvalue weighted by molar-refractivity contribution is 7.99. The van der Waals surface area contributed by atoms with Crippen LogP contribution in [-0.4, -0.2) is 25.0 Å². The molecule has 26 heavy (non-hydrogen) atoms. The Labute approximate surface area is 156 Å². The topological polar surface area (TPSA) is 69.6 Å². The quantitative estimate of drug-likeness (QED) is 0.588. The second-order valence-electron chi connectivity index (χ2n) is 7.29. The van der Waals surface area contributed by atoms with Crippen LogP contribution in [0.1, 0.15) is 67.1 Å². The average Bonchev–Trinajstić information content (AvgIpc) is 3.56. The zero-order chi connectivity index (χ0) is 17.7. The van der Waals surface area contributed by atoms with E-state index in [2.05, 4.69) is 50.9 Å². The first-order valence-electron chi connectivity index (χ1n) is 9.21. The lowest BCUT2D eigenvalue weighted by Gasteiger charge is -2.10. The van der Waals surface area contributed by atoms with Gasteiger partial charge in [0.05, 0.1) is 5.25 Å². The van der Waals surface area contributed by atoms with Crippen LogP contribution in [0.5, 0.6) is 0 Å². The molecule has 0 N–H and O–H groups in total. The van der Waals surface area contributed by atoms with Gasteiger partial charge in [-0.1, -0.05) is 29.5 Å². The van der Waals surface area contributed by atoms with Crippen molar-refractivity contribution in [1.82, 2.24) is 25.0 Å². The Morgan fingerprint density at radius 1 is 1.12 bits per heavy atom. The highest BCUT2D eigenvalue weighted by Crippen LogP contribution is 2.47. The minimum Gasteiger partial charge on any atom is -0.419 e. The van der Waals surface area contributed by atoms with Crippen molar-refractivity contribution in [2.75, 3.05) is 0 Å². The van der Waals surface area contributed by atoms with E-state index in [-0.39, 0.29) is 5.25 Å². The Kier molecular flexibility index (Phi) is 3.85. The number of thioether (sulfide) groups is 1. The summed E-state index contributed by atoms with van der Waals surface area (Å²) in [4.78, 5) is 0. The van der Waals surface area contributed by atoms with Gasteiger partial charge >= 0.3 is 0 Å². The molecule has 6 nitrogen and oxygen atoms in total. The molecule has 2 heterocycles. The van der Waals surface area contributed by atoms with E-state index < -0.39 is 0 Å². The highest BCUT2D eigenvalue weighted by Gasteiger charge is 2.37. The SMILES string of the molecule is Cc1cccc(-c2nnc([C@H](C)Sc3nnc(C4CC4)n3C3CC3)o2)c1. The second-order valence-corrected chi connectivity index (χ2v) is 8.60. The van der Waals surface area contributed by atoms with Gasteiger partial charge < -0.3 is 8.98 Å². The summed E-state index contributed by atoms with van der Waals surface area (Å²) in [5, 5.41) is 18.5. The van der Waals surface area contributed by atoms with Crippen LogP contribution in [0, 0.1) is 6.92 Å². The molecule has 0 radical (unpaired) electrons. The Bertz CT molecular complexity index is 941. The molecule has 0 saturated heterocycles. The molecule has 2 fully saturated rings. The molecule has 1 atom stereocenters. The van der Waals surface area contributed by atoms with Crippen molar-refractivity contribution in [3.63, 3.8) is 0 Å². The van der Waals surface area contributed by atoms with Gasteiger partial charge in [-0.25, -0.2) is 0 Å². The molecule has 2 aliphatic rings. The minimum atomic E-state index is 0.0369. The normalized spacial score (nSPS) is 18.2. The van der Waals surface area contributed by atoms with Crippen LogP contribution >= 0.6 is 11.8 Å². The van der Waals surface area contributed by atoms with Gasteiger partial charge in [0, 0.05) is 17.5 Å². The molecule has 2 saturated carbocycles. The molecule has 134 valence electrons. The van der Waals surface area contributed by atoms with Crippen molar-refractivity contribution in [3.05, 3.63) is 41.5 Å². The van der Waals surface area contributed by atoms with E-state index in [0.29, 0.717) is 23.7 Å². The van der Waals surface area contributed by atoms with E-state index in [9.17, 15) is 0 Å². The number of aryl methyl sites for hydroxylation is 1. The Morgan fingerprint density at radius 3 is 2.69 bits per heavy atom. The van der Waals surface area contributed by atoms with Crippen LogP contribution in [0.25, 0.3) is 11.5 Å². The van der Waals surface area contributed by atoms with Crippen LogP contribution < -0.4 is 0 Å². The van der Waals surface area contributed by atoms with E-state index in [1.54, 1.807) is 11.8 Å². The van der Waals surface area contributed by atoms with E-state index in [1.165, 1.54) is 37.1 Å². The van der Waals surface area contributed by atoms with Crippen LogP contribution in [-0.2, 0) is 0 Å². The number of rotatable bonds is 6. The molecular weight excluding hydrogens is 346 g/mol. The van der Waals surface area contributed by atoms with Gasteiger partial charge in [-0.15, -0.1) is 20.4 Å². The molecule has 0 spiro atoms. The summed E-state index contributed by atoms with van der Waals surface area (Å²) in [5.74, 6) is 2.99. The first kappa shape index (κ1) is 16.1. The number of benzene rings is 1. The third-order valence-electron chi connectivity index (χ3n) is 4.88. The van der Waals surface area contributed by atoms with Gasteiger partial charge in [0.25, 0.3) is 0 Å². The molecule has 1 aromatic carbocycles. The van der Waals surface area contributed by atoms with Gasteiger partial charge in [-0.3, -0.25) is 0 Å². The van der Waals surface area contributed by atoms with E-state index in [0.717, 1.165) is 10.7 Å². The Balaban J connectivity index is 1.37. The smallest absolute Gasteiger partial charge is 0.247 e. The van der Waals surface area contributed by atoms with Gasteiger partial charge in [0.15, 0.2) is 5.16 Å². The van der Waals surface area contributed by atoms with Crippen molar-refractivity contribution in [2.45, 2.75) is 61.9 Å². The number of hydrogen-bond acceptors (Lipinski definition) is 6. The van der Waals surface area contributed by atoms with E-state index >= 15 is 0 Å². The fourth-order valence-corrected chi connectivity index (χ4v) is 4.12. The lowest BCUT2D eigenvalue weighted by molar-refractivity contribution is 0.508. The molecule has 5 rings (SSSR count). The van der Waals surface area contributed by atoms with Crippen LogP contribution in [0.3, 0.4) is 0 Å². The second kappa shape index (κ2) is 6.23. The predicted octanol–water partition coefficient (Wildman–Crippen LogP) is 4.70. The van der Waals surface area contributed by atoms with Crippen LogP contribution in [0.15, 0.2) is 33.8 Å². The number of hydrogen-bond donors (Lipinski definition) is 0. The molecule has 0 unspecified atom stereocenters. The molecule has 2 aromatic heterocycles. The maximum absolute atomic E-state index is 5.94. The third-order valence-corrected chi connectivity index (χ3v) is 5.93. The van der Waals surface area contributed by atoms with Crippen molar-refractivity contribution in [2.24, 2.45) is 0 Å². The van der Waals surface area contributed by atoms with Crippen LogP contribution in [0.4, 0.5) is 0 Å². The third kappa shape index (κ3) is 3.05. The summed E-state index contributed by atoms with van der Waals surface area (Å²) in [6, 6.07) is 8.70. The fraction of sp³-hybridized carbons (Fsp3) is 0.474. The minimum absolute atomic E-state index is 0.0369. The summed E-state index contributed by atoms with van der Waals surface area (Å²) in [6.07, 6.45) is 4.96. The Hall–Kier alpha value is -2.15. The van der Waals surface area contributed by atoms with Gasteiger partial charge in [-0.05, 0) is 51.7 Å². The zero-order valence-corrected chi connectivity index (χ0v) is 15.7. The lowest BCUT2D eigenvalue weighted by atomic mass is 10.1. The van der Waals surface area contributed by atoms with Gasteiger partial charge in [0.2, 0.25) is 11.8 Å². The first-order valence-corrected chi connectivity index (χ1v) is 10.1. The van der Waals surface area contributed by atoms with E-state index in [4.69, 9.17) is 4.42 Å². The predicted molar refractivity (Wildman–Crippen MR) is 99.0 cm³/mol. The summed E-state index contributed by atoms with van der Waals surface area (Å²) in [6.45, 7) is 4.14. The van der Waals surface area contributed by atoms with E-state index in [1.807, 2.05) is 12.1 Å². The number of aromatic nitrogens is 5. The highest BCUT2D eigenvalue weighted by atomic mass is 32.2. The monoisotopic (exact) mass is 367 g/mol. The lowest BCUT2D eigenvalue weighted by Crippen LogP contribution is -2.02. The standard InChI is InChI=1S/C19H21N5OS/c1-11-4-3-5-14(10-11)18-22-21-17(25-18)12(2)26-19-23-20-16(13-6-7-13)24(19)15-8-9-15/h3-5,10,12-13,15H,6-9H2,1-2H3/t12-/m0/s1. The van der Waals surface area contributed by atoms with Crippen molar-refractivity contribution < 1.29 is 4.42 Å². The fourth-order valence-electron chi connectivity index (χ4n) is 3.17. The summed E-state index contributed by atoms with van der Waals surface area (Å²) in [7, 11) is 0. The summed E-state index contributed by atoms with van der Waals surface area (Å²) in [5.41, 5.74) is 2.13. The molecule has 3 aromatic rings. The van der Waals surface area contributed by atoms with Crippen molar-refractivity contribution in [1.29, 1.82) is 0 Å². The molecule has 7 heteroatoms. The molecule has 0 amide bonds. The van der Waals surface area contributed by atoms with Gasteiger partial charge in [-0.2, -0.15) is 0 Å². The zero-order valence-electron chi connectivity index (χ0n) is 14.9. The average molecular weight is 367 g/mol. The maximum atomic E-state index is 5.94.